The summed E-state index contributed by atoms with van der Waals surface area (Å²) < 4.78 is 5.54. The van der Waals surface area contributed by atoms with Crippen molar-refractivity contribution in [1.29, 1.82) is 0 Å². The Balaban J connectivity index is 1.97. The lowest BCUT2D eigenvalue weighted by atomic mass is 10.1. The van der Waals surface area contributed by atoms with Crippen molar-refractivity contribution in [2.24, 2.45) is 0 Å². The minimum Gasteiger partial charge on any atom is -0.490 e. The van der Waals surface area contributed by atoms with Gasteiger partial charge in [-0.05, 0) is 30.3 Å². The van der Waals surface area contributed by atoms with Gasteiger partial charge in [0, 0.05) is 5.56 Å². The molecular formula is C15H11Cl2NO2. The van der Waals surface area contributed by atoms with E-state index in [1.807, 2.05) is 24.3 Å². The van der Waals surface area contributed by atoms with Crippen molar-refractivity contribution >= 4 is 34.8 Å². The van der Waals surface area contributed by atoms with Crippen molar-refractivity contribution in [2.75, 3.05) is 18.1 Å². The normalized spacial score (nSPS) is 13.6. The van der Waals surface area contributed by atoms with Crippen LogP contribution in [0.25, 0.3) is 0 Å². The van der Waals surface area contributed by atoms with Gasteiger partial charge in [0.2, 0.25) is 0 Å². The molecule has 1 aliphatic rings. The number of hydrogen-bond donors (Lipinski definition) is 0. The van der Waals surface area contributed by atoms with E-state index in [1.54, 1.807) is 23.1 Å². The van der Waals surface area contributed by atoms with Crippen LogP contribution in [-0.4, -0.2) is 19.1 Å². The molecule has 0 saturated carbocycles. The van der Waals surface area contributed by atoms with Crippen LogP contribution < -0.4 is 9.64 Å². The van der Waals surface area contributed by atoms with E-state index in [0.717, 1.165) is 5.69 Å². The van der Waals surface area contributed by atoms with Gasteiger partial charge in [-0.1, -0.05) is 35.3 Å². The van der Waals surface area contributed by atoms with E-state index in [9.17, 15) is 4.79 Å². The van der Waals surface area contributed by atoms with Gasteiger partial charge in [-0.3, -0.25) is 4.79 Å². The van der Waals surface area contributed by atoms with Crippen LogP contribution in [0.15, 0.2) is 42.5 Å². The third-order valence-corrected chi connectivity index (χ3v) is 3.88. The molecule has 0 aromatic heterocycles. The molecule has 0 spiro atoms. The molecule has 0 atom stereocenters. The molecule has 0 fully saturated rings. The van der Waals surface area contributed by atoms with Crippen LogP contribution >= 0.6 is 23.2 Å². The fourth-order valence-electron chi connectivity index (χ4n) is 2.17. The van der Waals surface area contributed by atoms with Gasteiger partial charge in [0.1, 0.15) is 12.4 Å². The van der Waals surface area contributed by atoms with Crippen LogP contribution in [0.3, 0.4) is 0 Å². The molecule has 102 valence electrons. The SMILES string of the molecule is O=C(c1ccc(Cl)c(Cl)c1)N1CCOc2ccccc21. The molecule has 0 aliphatic carbocycles. The van der Waals surface area contributed by atoms with Crippen LogP contribution in [0.5, 0.6) is 5.75 Å². The number of rotatable bonds is 1. The van der Waals surface area contributed by atoms with Crippen molar-refractivity contribution in [3.63, 3.8) is 0 Å². The maximum atomic E-state index is 12.6. The molecule has 0 unspecified atom stereocenters. The molecule has 0 N–H and O–H groups in total. The van der Waals surface area contributed by atoms with Crippen molar-refractivity contribution in [2.45, 2.75) is 0 Å². The number of amides is 1. The number of carbonyl (C=O) groups is 1. The summed E-state index contributed by atoms with van der Waals surface area (Å²) in [7, 11) is 0. The maximum absolute atomic E-state index is 12.6. The number of hydrogen-bond acceptors (Lipinski definition) is 2. The summed E-state index contributed by atoms with van der Waals surface area (Å²) in [6, 6.07) is 12.4. The second kappa shape index (κ2) is 5.35. The van der Waals surface area contributed by atoms with Gasteiger partial charge < -0.3 is 9.64 Å². The van der Waals surface area contributed by atoms with Gasteiger partial charge in [-0.15, -0.1) is 0 Å². The molecule has 5 heteroatoms. The number of para-hydroxylation sites is 2. The van der Waals surface area contributed by atoms with Crippen LogP contribution in [0.1, 0.15) is 10.4 Å². The van der Waals surface area contributed by atoms with Gasteiger partial charge in [0.25, 0.3) is 5.91 Å². The molecule has 1 heterocycles. The second-order valence-electron chi connectivity index (χ2n) is 4.40. The molecule has 20 heavy (non-hydrogen) atoms. The van der Waals surface area contributed by atoms with E-state index in [1.165, 1.54) is 0 Å². The predicted octanol–water partition coefficient (Wildman–Crippen LogP) is 4.03. The molecule has 1 aliphatic heterocycles. The lowest BCUT2D eigenvalue weighted by Gasteiger charge is -2.29. The number of halogens is 2. The number of nitrogens with zero attached hydrogens (tertiary/aromatic N) is 1. The highest BCUT2D eigenvalue weighted by Crippen LogP contribution is 2.32. The van der Waals surface area contributed by atoms with Crippen LogP contribution in [0.2, 0.25) is 10.0 Å². The molecule has 2 aromatic carbocycles. The fraction of sp³-hybridized carbons (Fsp3) is 0.133. The van der Waals surface area contributed by atoms with Crippen LogP contribution in [0.4, 0.5) is 5.69 Å². The first-order valence-corrected chi connectivity index (χ1v) is 6.91. The highest BCUT2D eigenvalue weighted by molar-refractivity contribution is 6.42. The van der Waals surface area contributed by atoms with E-state index in [-0.39, 0.29) is 5.91 Å². The smallest absolute Gasteiger partial charge is 0.258 e. The van der Waals surface area contributed by atoms with Crippen molar-refractivity contribution in [3.05, 3.63) is 58.1 Å². The van der Waals surface area contributed by atoms with E-state index in [2.05, 4.69) is 0 Å². The van der Waals surface area contributed by atoms with Gasteiger partial charge in [-0.2, -0.15) is 0 Å². The monoisotopic (exact) mass is 307 g/mol. The Morgan fingerprint density at radius 3 is 2.70 bits per heavy atom. The predicted molar refractivity (Wildman–Crippen MR) is 80.1 cm³/mol. The Morgan fingerprint density at radius 2 is 1.90 bits per heavy atom. The topological polar surface area (TPSA) is 29.5 Å². The van der Waals surface area contributed by atoms with Crippen LogP contribution in [0, 0.1) is 0 Å². The van der Waals surface area contributed by atoms with Crippen molar-refractivity contribution in [3.8, 4) is 5.75 Å². The van der Waals surface area contributed by atoms with Gasteiger partial charge in [-0.25, -0.2) is 0 Å². The summed E-state index contributed by atoms with van der Waals surface area (Å²) in [4.78, 5) is 14.3. The Labute approximate surface area is 126 Å². The average molecular weight is 308 g/mol. The lowest BCUT2D eigenvalue weighted by molar-refractivity contribution is 0.0976. The molecule has 0 bridgehead atoms. The summed E-state index contributed by atoms with van der Waals surface area (Å²) in [5, 5.41) is 0.810. The third kappa shape index (κ3) is 2.35. The van der Waals surface area contributed by atoms with E-state index in [0.29, 0.717) is 34.5 Å². The molecule has 1 amide bonds. The zero-order chi connectivity index (χ0) is 14.1. The Kier molecular flexibility index (Phi) is 3.55. The van der Waals surface area contributed by atoms with Crippen molar-refractivity contribution < 1.29 is 9.53 Å². The minimum atomic E-state index is -0.112. The summed E-state index contributed by atoms with van der Waals surface area (Å²) in [5.74, 6) is 0.603. The zero-order valence-electron chi connectivity index (χ0n) is 10.5. The molecule has 3 rings (SSSR count). The Morgan fingerprint density at radius 1 is 1.10 bits per heavy atom. The van der Waals surface area contributed by atoms with E-state index in [4.69, 9.17) is 27.9 Å². The molecule has 2 aromatic rings. The first kappa shape index (κ1) is 13.3. The first-order chi connectivity index (χ1) is 9.66. The third-order valence-electron chi connectivity index (χ3n) is 3.14. The van der Waals surface area contributed by atoms with Gasteiger partial charge in [0.05, 0.1) is 22.3 Å². The average Bonchev–Trinajstić information content (AvgIpc) is 2.49. The maximum Gasteiger partial charge on any atom is 0.258 e. The quantitative estimate of drug-likeness (QED) is 0.796. The zero-order valence-corrected chi connectivity index (χ0v) is 12.0. The summed E-state index contributed by atoms with van der Waals surface area (Å²) >= 11 is 11.8. The second-order valence-corrected chi connectivity index (χ2v) is 5.22. The number of anilines is 1. The molecule has 3 nitrogen and oxygen atoms in total. The minimum absolute atomic E-state index is 0.112. The lowest BCUT2D eigenvalue weighted by Crippen LogP contribution is -2.37. The molecular weight excluding hydrogens is 297 g/mol. The van der Waals surface area contributed by atoms with E-state index < -0.39 is 0 Å². The summed E-state index contributed by atoms with van der Waals surface area (Å²) in [5.41, 5.74) is 1.28. The standard InChI is InChI=1S/C15H11Cl2NO2/c16-11-6-5-10(9-12(11)17)15(19)18-7-8-20-14-4-2-1-3-13(14)18/h1-6,9H,7-8H2. The number of carbonyl (C=O) groups excluding carboxylic acids is 1. The largest absolute Gasteiger partial charge is 0.490 e. The number of ether oxygens (including phenoxy) is 1. The number of benzene rings is 2. The highest BCUT2D eigenvalue weighted by atomic mass is 35.5. The fourth-order valence-corrected chi connectivity index (χ4v) is 2.46. The van der Waals surface area contributed by atoms with Gasteiger partial charge >= 0.3 is 0 Å². The first-order valence-electron chi connectivity index (χ1n) is 6.15. The molecule has 0 saturated heterocycles. The van der Waals surface area contributed by atoms with E-state index >= 15 is 0 Å². The number of fused-ring (bicyclic) bond motifs is 1. The Hall–Kier alpha value is -1.71. The molecule has 0 radical (unpaired) electrons. The Bertz CT molecular complexity index is 673. The summed E-state index contributed by atoms with van der Waals surface area (Å²) in [6.45, 7) is 0.986. The highest BCUT2D eigenvalue weighted by Gasteiger charge is 2.24. The van der Waals surface area contributed by atoms with Crippen molar-refractivity contribution in [1.82, 2.24) is 0 Å². The van der Waals surface area contributed by atoms with Gasteiger partial charge in [0.15, 0.2) is 0 Å². The van der Waals surface area contributed by atoms with Crippen LogP contribution in [-0.2, 0) is 0 Å². The summed E-state index contributed by atoms with van der Waals surface area (Å²) in [6.07, 6.45) is 0.